The summed E-state index contributed by atoms with van der Waals surface area (Å²) >= 11 is 0. The number of hydrogen-bond donors (Lipinski definition) is 0. The van der Waals surface area contributed by atoms with E-state index in [4.69, 9.17) is 4.74 Å². The van der Waals surface area contributed by atoms with Crippen molar-refractivity contribution < 1.29 is 13.5 Å². The van der Waals surface area contributed by atoms with Crippen molar-refractivity contribution in [1.29, 1.82) is 0 Å². The number of aromatic nitrogens is 4. The van der Waals surface area contributed by atoms with Crippen molar-refractivity contribution in [3.63, 3.8) is 0 Å². The summed E-state index contributed by atoms with van der Waals surface area (Å²) in [5, 5.41) is 0.576. The van der Waals surface area contributed by atoms with Crippen LogP contribution in [0.3, 0.4) is 0 Å². The minimum Gasteiger partial charge on any atom is -0.478 e. The Morgan fingerprint density at radius 1 is 1.11 bits per heavy atom. The first-order chi connectivity index (χ1) is 16.8. The number of fused-ring (bicyclic) bond motifs is 3. The molecule has 0 bridgehead atoms. The Morgan fingerprint density at radius 3 is 2.60 bits per heavy atom. The van der Waals surface area contributed by atoms with E-state index in [1.165, 1.54) is 29.5 Å². The molecule has 0 aliphatic carbocycles. The van der Waals surface area contributed by atoms with Crippen molar-refractivity contribution in [3.8, 4) is 17.0 Å². The summed E-state index contributed by atoms with van der Waals surface area (Å²) in [6.45, 7) is 7.45. The van der Waals surface area contributed by atoms with Gasteiger partial charge in [0.15, 0.2) is 0 Å². The predicted molar refractivity (Wildman–Crippen MR) is 132 cm³/mol. The molecule has 1 aliphatic heterocycles. The van der Waals surface area contributed by atoms with Gasteiger partial charge in [-0.15, -0.1) is 0 Å². The van der Waals surface area contributed by atoms with Crippen LogP contribution >= 0.6 is 0 Å². The van der Waals surface area contributed by atoms with Gasteiger partial charge in [-0.3, -0.25) is 14.1 Å². The molecule has 7 nitrogen and oxygen atoms in total. The van der Waals surface area contributed by atoms with Crippen LogP contribution in [0.1, 0.15) is 39.2 Å². The van der Waals surface area contributed by atoms with Crippen LogP contribution in [0.25, 0.3) is 33.1 Å². The van der Waals surface area contributed by atoms with Gasteiger partial charge in [-0.05, 0) is 58.3 Å². The maximum absolute atomic E-state index is 15.1. The van der Waals surface area contributed by atoms with Gasteiger partial charge >= 0.3 is 5.69 Å². The molecule has 9 heteroatoms. The monoisotopic (exact) mass is 481 g/mol. The smallest absolute Gasteiger partial charge is 0.329 e. The van der Waals surface area contributed by atoms with E-state index in [0.717, 1.165) is 26.1 Å². The van der Waals surface area contributed by atoms with Crippen LogP contribution in [0, 0.1) is 11.8 Å². The normalized spacial score (nSPS) is 14.6. The predicted octanol–water partition coefficient (Wildman–Crippen LogP) is 4.67. The number of rotatable bonds is 7. The molecule has 0 N–H and O–H groups in total. The largest absolute Gasteiger partial charge is 0.478 e. The fourth-order valence-electron chi connectivity index (χ4n) is 4.90. The zero-order valence-corrected chi connectivity index (χ0v) is 20.2. The lowest BCUT2D eigenvalue weighted by molar-refractivity contribution is 0.255. The molecule has 0 amide bonds. The van der Waals surface area contributed by atoms with Crippen LogP contribution in [0.4, 0.5) is 8.78 Å². The first-order valence-electron chi connectivity index (χ1n) is 12.1. The average Bonchev–Trinajstić information content (AvgIpc) is 3.43. The Hall–Kier alpha value is -3.33. The molecule has 1 fully saturated rings. The van der Waals surface area contributed by atoms with Gasteiger partial charge in [-0.1, -0.05) is 0 Å². The quantitative estimate of drug-likeness (QED) is 0.283. The highest BCUT2D eigenvalue weighted by atomic mass is 19.1. The minimum absolute atomic E-state index is 0.0280. The van der Waals surface area contributed by atoms with Crippen LogP contribution in [0.5, 0.6) is 5.88 Å². The second kappa shape index (κ2) is 9.37. The lowest BCUT2D eigenvalue weighted by Crippen LogP contribution is -2.23. The third-order valence-corrected chi connectivity index (χ3v) is 6.70. The first kappa shape index (κ1) is 23.4. The number of pyridine rings is 2. The van der Waals surface area contributed by atoms with Gasteiger partial charge in [-0.25, -0.2) is 9.18 Å². The second-order valence-electron chi connectivity index (χ2n) is 9.39. The number of likely N-dealkylation sites (tertiary alicyclic amines) is 1. The summed E-state index contributed by atoms with van der Waals surface area (Å²) in [4.78, 5) is 23.5. The summed E-state index contributed by atoms with van der Waals surface area (Å²) in [5.41, 5.74) is 1.57. The molecule has 4 aromatic rings. The number of benzene rings is 1. The lowest BCUT2D eigenvalue weighted by atomic mass is 10.0. The van der Waals surface area contributed by atoms with Crippen molar-refractivity contribution in [2.75, 3.05) is 26.2 Å². The highest BCUT2D eigenvalue weighted by Crippen LogP contribution is 2.33. The summed E-state index contributed by atoms with van der Waals surface area (Å²) < 4.78 is 38.9. The summed E-state index contributed by atoms with van der Waals surface area (Å²) in [6, 6.07) is 5.74. The fourth-order valence-corrected chi connectivity index (χ4v) is 4.90. The molecule has 1 aromatic carbocycles. The van der Waals surface area contributed by atoms with E-state index in [2.05, 4.69) is 14.9 Å². The number of ether oxygens (including phenoxy) is 1. The molecule has 1 saturated heterocycles. The molecule has 0 spiro atoms. The third-order valence-electron chi connectivity index (χ3n) is 6.70. The molecule has 1 aliphatic rings. The average molecular weight is 482 g/mol. The van der Waals surface area contributed by atoms with E-state index < -0.39 is 11.8 Å². The van der Waals surface area contributed by atoms with Gasteiger partial charge in [0, 0.05) is 48.3 Å². The summed E-state index contributed by atoms with van der Waals surface area (Å²) in [5.74, 6) is -1.25. The number of hydrogen-bond acceptors (Lipinski definition) is 5. The highest BCUT2D eigenvalue weighted by molar-refractivity contribution is 6.04. The summed E-state index contributed by atoms with van der Waals surface area (Å²) in [7, 11) is 1.68. The van der Waals surface area contributed by atoms with Crippen LogP contribution in [-0.2, 0) is 7.05 Å². The molecular formula is C26H29F2N5O2. The van der Waals surface area contributed by atoms with Crippen LogP contribution in [-0.4, -0.2) is 50.2 Å². The topological polar surface area (TPSA) is 65.2 Å². The zero-order valence-electron chi connectivity index (χ0n) is 20.2. The van der Waals surface area contributed by atoms with E-state index in [0.29, 0.717) is 28.5 Å². The van der Waals surface area contributed by atoms with E-state index in [-0.39, 0.29) is 28.7 Å². The molecule has 0 atom stereocenters. The number of imidazole rings is 1. The Bertz CT molecular complexity index is 1450. The molecule has 3 aromatic heterocycles. The van der Waals surface area contributed by atoms with Crippen LogP contribution in [0.15, 0.2) is 35.3 Å². The van der Waals surface area contributed by atoms with Gasteiger partial charge in [0.25, 0.3) is 0 Å². The van der Waals surface area contributed by atoms with Gasteiger partial charge in [0.05, 0.1) is 29.4 Å². The molecule has 0 radical (unpaired) electrons. The summed E-state index contributed by atoms with van der Waals surface area (Å²) in [6.07, 6.45) is 4.88. The molecule has 0 saturated carbocycles. The van der Waals surface area contributed by atoms with Crippen molar-refractivity contribution >= 4 is 21.9 Å². The Labute approximate surface area is 202 Å². The zero-order chi connectivity index (χ0) is 24.7. The van der Waals surface area contributed by atoms with Crippen LogP contribution < -0.4 is 10.4 Å². The van der Waals surface area contributed by atoms with Crippen molar-refractivity contribution in [3.05, 3.63) is 52.7 Å². The van der Waals surface area contributed by atoms with Crippen molar-refractivity contribution in [2.45, 2.75) is 39.2 Å². The lowest BCUT2D eigenvalue weighted by Gasteiger charge is -2.14. The van der Waals surface area contributed by atoms with Gasteiger partial charge in [0.1, 0.15) is 5.82 Å². The first-order valence-corrected chi connectivity index (χ1v) is 12.1. The van der Waals surface area contributed by atoms with E-state index >= 15 is 8.78 Å². The maximum Gasteiger partial charge on any atom is 0.329 e. The van der Waals surface area contributed by atoms with Gasteiger partial charge in [-0.2, -0.15) is 9.37 Å². The molecule has 5 rings (SSSR count). The Morgan fingerprint density at radius 2 is 1.89 bits per heavy atom. The van der Waals surface area contributed by atoms with Crippen molar-refractivity contribution in [2.24, 2.45) is 7.05 Å². The fraction of sp³-hybridized carbons (Fsp3) is 0.423. The molecular weight excluding hydrogens is 452 g/mol. The third kappa shape index (κ3) is 4.29. The highest BCUT2D eigenvalue weighted by Gasteiger charge is 2.20. The number of nitrogens with zero attached hydrogens (tertiary/aromatic N) is 5. The molecule has 184 valence electrons. The maximum atomic E-state index is 15.1. The molecule has 35 heavy (non-hydrogen) atoms. The van der Waals surface area contributed by atoms with Crippen LogP contribution in [0.2, 0.25) is 0 Å². The SMILES string of the molecule is CC(C)n1c(=O)n(C)c2cnc3cc(F)c(-c4ccc(OCCCN5CCCC5)nc4F)cc3c21. The minimum atomic E-state index is -0.810. The second-order valence-corrected chi connectivity index (χ2v) is 9.39. The standard InChI is InChI=1S/C26H29F2N5O2/c1-16(2)33-24-19-13-18(20(27)14-21(19)29-15-22(24)31(3)26(33)34)17-7-8-23(30-25(17)28)35-12-6-11-32-9-4-5-10-32/h7-8,13-16H,4-6,9-12H2,1-3H3. The number of halogens is 2. The Balaban J connectivity index is 1.48. The molecule has 4 heterocycles. The van der Waals surface area contributed by atoms with E-state index in [1.807, 2.05) is 13.8 Å². The van der Waals surface area contributed by atoms with Gasteiger partial charge in [0.2, 0.25) is 11.8 Å². The number of aryl methyl sites for hydroxylation is 1. The Kier molecular flexibility index (Phi) is 6.27. The molecule has 0 unspecified atom stereocenters. The van der Waals surface area contributed by atoms with Crippen molar-refractivity contribution in [1.82, 2.24) is 24.0 Å². The van der Waals surface area contributed by atoms with Gasteiger partial charge < -0.3 is 9.64 Å². The van der Waals surface area contributed by atoms with E-state index in [9.17, 15) is 4.79 Å². The van der Waals surface area contributed by atoms with E-state index in [1.54, 1.807) is 29.9 Å².